The molecule has 124 valence electrons. The largest absolute Gasteiger partial charge is 0.334 e. The Hall–Kier alpha value is -2.11. The standard InChI is InChI=1S/C17H25N5O/c1-13-12-14(2)22(20-13)11-5-7-17(23)21-10-4-3-6-16(21)15-8-9-18-19-15/h8-9,12,16H,3-7,10-11H2,1-2H3,(H,18,19)/t16-/m1/s1. The molecule has 0 spiro atoms. The monoisotopic (exact) mass is 315 g/mol. The summed E-state index contributed by atoms with van der Waals surface area (Å²) >= 11 is 0. The summed E-state index contributed by atoms with van der Waals surface area (Å²) in [5.74, 6) is 0.242. The van der Waals surface area contributed by atoms with Gasteiger partial charge in [0.1, 0.15) is 0 Å². The number of hydrogen-bond donors (Lipinski definition) is 1. The smallest absolute Gasteiger partial charge is 0.223 e. The molecule has 3 heterocycles. The first-order valence-electron chi connectivity index (χ1n) is 8.45. The number of H-pyrrole nitrogens is 1. The molecule has 1 saturated heterocycles. The second-order valence-corrected chi connectivity index (χ2v) is 6.36. The maximum atomic E-state index is 12.6. The van der Waals surface area contributed by atoms with Crippen LogP contribution in [0.1, 0.15) is 55.2 Å². The molecule has 1 fully saturated rings. The highest BCUT2D eigenvalue weighted by Gasteiger charge is 2.28. The number of nitrogens with one attached hydrogen (secondary N) is 1. The Balaban J connectivity index is 1.57. The Labute approximate surface area is 136 Å². The lowest BCUT2D eigenvalue weighted by Crippen LogP contribution is -2.38. The number of amides is 1. The first-order valence-corrected chi connectivity index (χ1v) is 8.45. The fraction of sp³-hybridized carbons (Fsp3) is 0.588. The minimum Gasteiger partial charge on any atom is -0.334 e. The lowest BCUT2D eigenvalue weighted by atomic mass is 9.99. The molecule has 0 saturated carbocycles. The summed E-state index contributed by atoms with van der Waals surface area (Å²) in [6.45, 7) is 5.70. The van der Waals surface area contributed by atoms with Gasteiger partial charge >= 0.3 is 0 Å². The lowest BCUT2D eigenvalue weighted by molar-refractivity contribution is -0.135. The molecule has 0 radical (unpaired) electrons. The second kappa shape index (κ2) is 6.98. The molecule has 1 aliphatic rings. The first kappa shape index (κ1) is 15.8. The molecule has 1 aliphatic heterocycles. The van der Waals surface area contributed by atoms with Gasteiger partial charge in [0.05, 0.1) is 17.4 Å². The van der Waals surface area contributed by atoms with Crippen molar-refractivity contribution >= 4 is 5.91 Å². The van der Waals surface area contributed by atoms with E-state index in [1.807, 2.05) is 22.6 Å². The van der Waals surface area contributed by atoms with Crippen molar-refractivity contribution in [2.45, 2.75) is 58.5 Å². The third-order valence-corrected chi connectivity index (χ3v) is 4.57. The van der Waals surface area contributed by atoms with E-state index in [1.165, 1.54) is 6.42 Å². The summed E-state index contributed by atoms with van der Waals surface area (Å²) < 4.78 is 1.99. The van der Waals surface area contributed by atoms with Crippen LogP contribution in [-0.2, 0) is 11.3 Å². The van der Waals surface area contributed by atoms with E-state index in [2.05, 4.69) is 28.3 Å². The molecule has 23 heavy (non-hydrogen) atoms. The third kappa shape index (κ3) is 3.63. The van der Waals surface area contributed by atoms with Gasteiger partial charge in [-0.05, 0) is 51.7 Å². The third-order valence-electron chi connectivity index (χ3n) is 4.57. The summed E-state index contributed by atoms with van der Waals surface area (Å²) in [5, 5.41) is 11.5. The maximum absolute atomic E-state index is 12.6. The zero-order chi connectivity index (χ0) is 16.2. The van der Waals surface area contributed by atoms with E-state index in [1.54, 1.807) is 6.20 Å². The number of likely N-dealkylation sites (tertiary alicyclic amines) is 1. The number of aryl methyl sites for hydroxylation is 3. The fourth-order valence-electron chi connectivity index (χ4n) is 3.43. The van der Waals surface area contributed by atoms with Gasteiger partial charge in [-0.25, -0.2) is 0 Å². The van der Waals surface area contributed by atoms with Crippen molar-refractivity contribution in [2.75, 3.05) is 6.54 Å². The predicted octanol–water partition coefficient (Wildman–Crippen LogP) is 2.76. The van der Waals surface area contributed by atoms with Gasteiger partial charge < -0.3 is 4.90 Å². The predicted molar refractivity (Wildman–Crippen MR) is 87.8 cm³/mol. The van der Waals surface area contributed by atoms with Gasteiger partial charge in [0.2, 0.25) is 5.91 Å². The van der Waals surface area contributed by atoms with Crippen LogP contribution in [-0.4, -0.2) is 37.3 Å². The van der Waals surface area contributed by atoms with Crippen LogP contribution < -0.4 is 0 Å². The van der Waals surface area contributed by atoms with Crippen LogP contribution in [0, 0.1) is 13.8 Å². The van der Waals surface area contributed by atoms with E-state index < -0.39 is 0 Å². The summed E-state index contributed by atoms with van der Waals surface area (Å²) in [6, 6.07) is 4.21. The number of nitrogens with zero attached hydrogens (tertiary/aromatic N) is 4. The van der Waals surface area contributed by atoms with Gasteiger partial charge in [0.15, 0.2) is 0 Å². The number of aromatic nitrogens is 4. The maximum Gasteiger partial charge on any atom is 0.223 e. The van der Waals surface area contributed by atoms with E-state index in [0.717, 1.165) is 49.4 Å². The van der Waals surface area contributed by atoms with Gasteiger partial charge in [-0.15, -0.1) is 0 Å². The zero-order valence-electron chi connectivity index (χ0n) is 14.0. The summed E-state index contributed by atoms with van der Waals surface area (Å²) in [6.07, 6.45) is 6.43. The molecule has 2 aromatic heterocycles. The van der Waals surface area contributed by atoms with E-state index in [9.17, 15) is 4.79 Å². The highest BCUT2D eigenvalue weighted by atomic mass is 16.2. The highest BCUT2D eigenvalue weighted by Crippen LogP contribution is 2.30. The van der Waals surface area contributed by atoms with Crippen LogP contribution >= 0.6 is 0 Å². The first-order chi connectivity index (χ1) is 11.1. The molecule has 1 N–H and O–H groups in total. The molecule has 2 aromatic rings. The molecular formula is C17H25N5O. The van der Waals surface area contributed by atoms with Crippen LogP contribution in [0.4, 0.5) is 0 Å². The summed E-state index contributed by atoms with van der Waals surface area (Å²) in [4.78, 5) is 14.7. The number of carbonyl (C=O) groups is 1. The molecule has 0 unspecified atom stereocenters. The van der Waals surface area contributed by atoms with Gasteiger partial charge in [-0.2, -0.15) is 10.2 Å². The van der Waals surface area contributed by atoms with Crippen LogP contribution in [0.15, 0.2) is 18.3 Å². The van der Waals surface area contributed by atoms with Gasteiger partial charge in [0, 0.05) is 31.4 Å². The van der Waals surface area contributed by atoms with E-state index in [-0.39, 0.29) is 11.9 Å². The van der Waals surface area contributed by atoms with E-state index in [4.69, 9.17) is 0 Å². The van der Waals surface area contributed by atoms with Gasteiger partial charge in [-0.1, -0.05) is 0 Å². The highest BCUT2D eigenvalue weighted by molar-refractivity contribution is 5.76. The number of aromatic amines is 1. The van der Waals surface area contributed by atoms with Gasteiger partial charge in [-0.3, -0.25) is 14.6 Å². The fourth-order valence-corrected chi connectivity index (χ4v) is 3.43. The van der Waals surface area contributed by atoms with E-state index in [0.29, 0.717) is 6.42 Å². The van der Waals surface area contributed by atoms with Crippen LogP contribution in [0.2, 0.25) is 0 Å². The number of piperidine rings is 1. The molecule has 1 amide bonds. The molecule has 6 nitrogen and oxygen atoms in total. The van der Waals surface area contributed by atoms with Crippen LogP contribution in [0.25, 0.3) is 0 Å². The Morgan fingerprint density at radius 2 is 2.26 bits per heavy atom. The van der Waals surface area contributed by atoms with Gasteiger partial charge in [0.25, 0.3) is 0 Å². The lowest BCUT2D eigenvalue weighted by Gasteiger charge is -2.35. The van der Waals surface area contributed by atoms with Crippen molar-refractivity contribution in [3.05, 3.63) is 35.4 Å². The quantitative estimate of drug-likeness (QED) is 0.922. The van der Waals surface area contributed by atoms with Crippen molar-refractivity contribution in [3.8, 4) is 0 Å². The summed E-state index contributed by atoms with van der Waals surface area (Å²) in [5.41, 5.74) is 3.24. The normalized spacial score (nSPS) is 18.3. The Morgan fingerprint density at radius 1 is 1.39 bits per heavy atom. The number of rotatable bonds is 5. The van der Waals surface area contributed by atoms with E-state index >= 15 is 0 Å². The Morgan fingerprint density at radius 3 is 2.96 bits per heavy atom. The zero-order valence-corrected chi connectivity index (χ0v) is 14.0. The van der Waals surface area contributed by atoms with Crippen LogP contribution in [0.3, 0.4) is 0 Å². The average molecular weight is 315 g/mol. The topological polar surface area (TPSA) is 66.8 Å². The van der Waals surface area contributed by atoms with Crippen molar-refractivity contribution < 1.29 is 4.79 Å². The SMILES string of the molecule is Cc1cc(C)n(CCCC(=O)N2CCCC[C@@H]2c2ccn[nH]2)n1. The van der Waals surface area contributed by atoms with Crippen molar-refractivity contribution in [1.82, 2.24) is 24.9 Å². The molecule has 1 atom stereocenters. The molecule has 0 aliphatic carbocycles. The van der Waals surface area contributed by atoms with Crippen molar-refractivity contribution in [3.63, 3.8) is 0 Å². The van der Waals surface area contributed by atoms with Crippen LogP contribution in [0.5, 0.6) is 0 Å². The number of hydrogen-bond acceptors (Lipinski definition) is 3. The van der Waals surface area contributed by atoms with Crippen molar-refractivity contribution in [2.24, 2.45) is 0 Å². The average Bonchev–Trinajstić information content (AvgIpc) is 3.17. The molecule has 3 rings (SSSR count). The molecule has 0 aromatic carbocycles. The Bertz CT molecular complexity index is 646. The molecule has 0 bridgehead atoms. The minimum atomic E-state index is 0.160. The molecule has 6 heteroatoms. The number of carbonyl (C=O) groups excluding carboxylic acids is 1. The minimum absolute atomic E-state index is 0.160. The Kier molecular flexibility index (Phi) is 4.79. The molecular weight excluding hydrogens is 290 g/mol. The second-order valence-electron chi connectivity index (χ2n) is 6.36. The summed E-state index contributed by atoms with van der Waals surface area (Å²) in [7, 11) is 0. The van der Waals surface area contributed by atoms with Crippen molar-refractivity contribution in [1.29, 1.82) is 0 Å².